The second-order valence-electron chi connectivity index (χ2n) is 9.89. The smallest absolute Gasteiger partial charge is 0.244 e. The second-order valence-corrected chi connectivity index (χ2v) is 12.6. The number of hydrogen-bond donors (Lipinski definition) is 0. The van der Waals surface area contributed by atoms with Gasteiger partial charge >= 0.3 is 0 Å². The lowest BCUT2D eigenvalue weighted by atomic mass is 10.1. The maximum Gasteiger partial charge on any atom is 0.244 e. The lowest BCUT2D eigenvalue weighted by Crippen LogP contribution is -2.51. The molecule has 202 valence electrons. The molecule has 1 saturated heterocycles. The first-order valence-electron chi connectivity index (χ1n) is 12.6. The highest BCUT2D eigenvalue weighted by atomic mass is 35.5. The van der Waals surface area contributed by atoms with Crippen molar-refractivity contribution in [2.75, 3.05) is 32.7 Å². The van der Waals surface area contributed by atoms with E-state index in [1.807, 2.05) is 37.3 Å². The van der Waals surface area contributed by atoms with E-state index >= 15 is 0 Å². The number of sulfonamides is 1. The van der Waals surface area contributed by atoms with Crippen LogP contribution in [0.3, 0.4) is 0 Å². The van der Waals surface area contributed by atoms with E-state index in [2.05, 4.69) is 17.0 Å². The lowest BCUT2D eigenvalue weighted by Gasteiger charge is -2.36. The summed E-state index contributed by atoms with van der Waals surface area (Å²) >= 11 is 12.3. The maximum absolute atomic E-state index is 14.0. The molecule has 1 amide bonds. The number of aryl methyl sites for hydroxylation is 3. The van der Waals surface area contributed by atoms with Crippen LogP contribution < -0.4 is 0 Å². The molecular weight excluding hydrogens is 541 g/mol. The van der Waals surface area contributed by atoms with E-state index in [9.17, 15) is 13.2 Å². The predicted molar refractivity (Wildman–Crippen MR) is 153 cm³/mol. The van der Waals surface area contributed by atoms with E-state index in [-0.39, 0.29) is 23.9 Å². The minimum absolute atomic E-state index is 0.00565. The Kier molecular flexibility index (Phi) is 9.16. The Hall–Kier alpha value is -2.42. The Bertz CT molecular complexity index is 1380. The molecule has 0 unspecified atom stereocenters. The molecule has 38 heavy (non-hydrogen) atoms. The first-order chi connectivity index (χ1) is 18.0. The molecule has 1 aliphatic heterocycles. The van der Waals surface area contributed by atoms with Crippen molar-refractivity contribution in [2.24, 2.45) is 0 Å². The Morgan fingerprint density at radius 3 is 2.08 bits per heavy atom. The van der Waals surface area contributed by atoms with Gasteiger partial charge in [0.25, 0.3) is 0 Å². The number of rotatable bonds is 8. The zero-order chi connectivity index (χ0) is 27.4. The number of carbonyl (C=O) groups excluding carboxylic acids is 1. The SMILES string of the molecule is Cc1cc(C)c(S(=O)(=O)N(CC(=O)N2CCN(Cc3ccccc3)CC2)Cc2ccc(Cl)c(Cl)c2)c(C)c1. The van der Waals surface area contributed by atoms with E-state index in [0.29, 0.717) is 39.8 Å². The van der Waals surface area contributed by atoms with Crippen LogP contribution in [-0.4, -0.2) is 61.2 Å². The summed E-state index contributed by atoms with van der Waals surface area (Å²) in [6.45, 7) is 8.66. The fourth-order valence-corrected chi connectivity index (χ4v) is 7.13. The molecule has 0 aromatic heterocycles. The standard InChI is InChI=1S/C29H33Cl2N3O3S/c1-21-15-22(2)29(23(3)16-21)38(36,37)34(19-25-9-10-26(30)27(31)17-25)20-28(35)33-13-11-32(12-14-33)18-24-7-5-4-6-8-24/h4-10,15-17H,11-14,18-20H2,1-3H3. The Labute approximate surface area is 235 Å². The number of hydrogen-bond acceptors (Lipinski definition) is 4. The third kappa shape index (κ3) is 6.77. The van der Waals surface area contributed by atoms with Crippen molar-refractivity contribution in [3.8, 4) is 0 Å². The first kappa shape index (κ1) is 28.6. The Morgan fingerprint density at radius 2 is 1.47 bits per heavy atom. The summed E-state index contributed by atoms with van der Waals surface area (Å²) < 4.78 is 29.3. The minimum Gasteiger partial charge on any atom is -0.339 e. The van der Waals surface area contributed by atoms with Crippen LogP contribution in [0.15, 0.2) is 65.6 Å². The van der Waals surface area contributed by atoms with Gasteiger partial charge in [0.15, 0.2) is 0 Å². The van der Waals surface area contributed by atoms with Crippen LogP contribution in [0.5, 0.6) is 0 Å². The van der Waals surface area contributed by atoms with Crippen molar-refractivity contribution in [3.63, 3.8) is 0 Å². The van der Waals surface area contributed by atoms with Crippen LogP contribution in [-0.2, 0) is 27.9 Å². The zero-order valence-corrected chi connectivity index (χ0v) is 24.3. The van der Waals surface area contributed by atoms with Crippen LogP contribution in [0.4, 0.5) is 0 Å². The van der Waals surface area contributed by atoms with Gasteiger partial charge in [0.2, 0.25) is 15.9 Å². The number of nitrogens with zero attached hydrogens (tertiary/aromatic N) is 3. The van der Waals surface area contributed by atoms with Gasteiger partial charge in [0, 0.05) is 39.3 Å². The van der Waals surface area contributed by atoms with Crippen molar-refractivity contribution in [3.05, 3.63) is 98.5 Å². The van der Waals surface area contributed by atoms with E-state index in [4.69, 9.17) is 23.2 Å². The van der Waals surface area contributed by atoms with Gasteiger partial charge < -0.3 is 4.90 Å². The minimum atomic E-state index is -3.99. The number of amides is 1. The van der Waals surface area contributed by atoms with Gasteiger partial charge in [0.1, 0.15) is 0 Å². The predicted octanol–water partition coefficient (Wildman–Crippen LogP) is 5.45. The molecule has 9 heteroatoms. The number of carbonyl (C=O) groups is 1. The van der Waals surface area contributed by atoms with Crippen LogP contribution in [0.1, 0.15) is 27.8 Å². The highest BCUT2D eigenvalue weighted by Gasteiger charge is 2.32. The summed E-state index contributed by atoms with van der Waals surface area (Å²) in [5.41, 5.74) is 4.19. The van der Waals surface area contributed by atoms with E-state index in [1.165, 1.54) is 9.87 Å². The summed E-state index contributed by atoms with van der Waals surface area (Å²) in [6, 6.07) is 19.0. The van der Waals surface area contributed by atoms with Gasteiger partial charge in [-0.1, -0.05) is 77.3 Å². The molecule has 1 heterocycles. The molecule has 0 radical (unpaired) electrons. The molecule has 1 aliphatic rings. The average Bonchev–Trinajstić information content (AvgIpc) is 2.86. The van der Waals surface area contributed by atoms with Gasteiger partial charge in [-0.05, 0) is 55.2 Å². The maximum atomic E-state index is 14.0. The average molecular weight is 575 g/mol. The summed E-state index contributed by atoms with van der Waals surface area (Å²) in [6.07, 6.45) is 0. The third-order valence-electron chi connectivity index (χ3n) is 6.83. The van der Waals surface area contributed by atoms with E-state index < -0.39 is 10.0 Å². The Morgan fingerprint density at radius 1 is 0.842 bits per heavy atom. The van der Waals surface area contributed by atoms with Crippen LogP contribution in [0.2, 0.25) is 10.0 Å². The second kappa shape index (κ2) is 12.2. The molecule has 0 atom stereocenters. The fourth-order valence-electron chi connectivity index (χ4n) is 5.02. The molecule has 3 aromatic carbocycles. The summed E-state index contributed by atoms with van der Waals surface area (Å²) in [4.78, 5) is 17.7. The topological polar surface area (TPSA) is 60.9 Å². The van der Waals surface area contributed by atoms with Crippen molar-refractivity contribution in [1.82, 2.24) is 14.1 Å². The zero-order valence-electron chi connectivity index (χ0n) is 22.0. The molecule has 0 saturated carbocycles. The first-order valence-corrected chi connectivity index (χ1v) is 14.8. The molecule has 3 aromatic rings. The molecular formula is C29H33Cl2N3O3S. The summed E-state index contributed by atoms with van der Waals surface area (Å²) in [5.74, 6) is -0.213. The quantitative estimate of drug-likeness (QED) is 0.359. The lowest BCUT2D eigenvalue weighted by molar-refractivity contribution is -0.133. The van der Waals surface area contributed by atoms with Gasteiger partial charge in [0.05, 0.1) is 21.5 Å². The summed E-state index contributed by atoms with van der Waals surface area (Å²) in [5, 5.41) is 0.726. The fraction of sp³-hybridized carbons (Fsp3) is 0.345. The van der Waals surface area contributed by atoms with Crippen LogP contribution in [0, 0.1) is 20.8 Å². The largest absolute Gasteiger partial charge is 0.339 e. The molecule has 0 aliphatic carbocycles. The highest BCUT2D eigenvalue weighted by Crippen LogP contribution is 2.28. The molecule has 0 N–H and O–H groups in total. The molecule has 4 rings (SSSR count). The molecule has 0 bridgehead atoms. The van der Waals surface area contributed by atoms with Gasteiger partial charge in [-0.2, -0.15) is 4.31 Å². The van der Waals surface area contributed by atoms with Crippen LogP contribution >= 0.6 is 23.2 Å². The van der Waals surface area contributed by atoms with Crippen molar-refractivity contribution >= 4 is 39.1 Å². The number of halogens is 2. The van der Waals surface area contributed by atoms with Crippen molar-refractivity contribution in [1.29, 1.82) is 0 Å². The van der Waals surface area contributed by atoms with Gasteiger partial charge in [-0.25, -0.2) is 8.42 Å². The Balaban J connectivity index is 1.54. The third-order valence-corrected chi connectivity index (χ3v) is 9.67. The number of benzene rings is 3. The van der Waals surface area contributed by atoms with Gasteiger partial charge in [-0.15, -0.1) is 0 Å². The van der Waals surface area contributed by atoms with Gasteiger partial charge in [-0.3, -0.25) is 9.69 Å². The highest BCUT2D eigenvalue weighted by molar-refractivity contribution is 7.89. The monoisotopic (exact) mass is 573 g/mol. The summed E-state index contributed by atoms with van der Waals surface area (Å²) in [7, 11) is -3.99. The van der Waals surface area contributed by atoms with E-state index in [0.717, 1.165) is 25.2 Å². The van der Waals surface area contributed by atoms with Crippen molar-refractivity contribution < 1.29 is 13.2 Å². The molecule has 6 nitrogen and oxygen atoms in total. The normalized spacial score (nSPS) is 14.7. The number of piperazine rings is 1. The van der Waals surface area contributed by atoms with Crippen molar-refractivity contribution in [2.45, 2.75) is 38.8 Å². The molecule has 1 fully saturated rings. The molecule has 0 spiro atoms. The van der Waals surface area contributed by atoms with Crippen LogP contribution in [0.25, 0.3) is 0 Å². The van der Waals surface area contributed by atoms with E-state index in [1.54, 1.807) is 36.9 Å².